The third kappa shape index (κ3) is 4.75. The minimum Gasteiger partial charge on any atom is -0.328 e. The smallest absolute Gasteiger partial charge is 0.328 e. The van der Waals surface area contributed by atoms with Crippen LogP contribution in [0, 0.1) is 23.7 Å². The summed E-state index contributed by atoms with van der Waals surface area (Å²) in [5.74, 6) is -4.70. The number of hydrogen-bond acceptors (Lipinski definition) is 2. The zero-order valence-corrected chi connectivity index (χ0v) is 12.8. The molecule has 0 aliphatic heterocycles. The molecule has 2 aliphatic rings. The third-order valence-corrected chi connectivity index (χ3v) is 5.51. The second kappa shape index (κ2) is 6.78. The Kier molecular flexibility index (Phi) is 5.55. The van der Waals surface area contributed by atoms with E-state index in [1.54, 1.807) is 0 Å². The van der Waals surface area contributed by atoms with Crippen LogP contribution >= 0.6 is 0 Å². The zero-order valence-electron chi connectivity index (χ0n) is 12.8. The van der Waals surface area contributed by atoms with Crippen molar-refractivity contribution in [3.63, 3.8) is 0 Å². The molecule has 0 saturated heterocycles. The van der Waals surface area contributed by atoms with Crippen LogP contribution in [-0.4, -0.2) is 24.4 Å². The van der Waals surface area contributed by atoms with Gasteiger partial charge in [-0.3, -0.25) is 0 Å². The quantitative estimate of drug-likeness (QED) is 0.743. The van der Waals surface area contributed by atoms with Gasteiger partial charge < -0.3 is 11.5 Å². The van der Waals surface area contributed by atoms with Crippen LogP contribution in [0.25, 0.3) is 0 Å². The van der Waals surface area contributed by atoms with Crippen molar-refractivity contribution in [1.82, 2.24) is 0 Å². The van der Waals surface area contributed by atoms with Gasteiger partial charge in [-0.1, -0.05) is 0 Å². The van der Waals surface area contributed by atoms with Gasteiger partial charge in [0.15, 0.2) is 0 Å². The zero-order chi connectivity index (χ0) is 17.4. The van der Waals surface area contributed by atoms with Crippen LogP contribution in [0.5, 0.6) is 0 Å². The van der Waals surface area contributed by atoms with Crippen molar-refractivity contribution < 1.29 is 26.3 Å². The maximum Gasteiger partial charge on any atom is 0.392 e. The molecular weight excluding hydrogens is 322 g/mol. The maximum atomic E-state index is 13.2. The van der Waals surface area contributed by atoms with Gasteiger partial charge in [-0.2, -0.15) is 26.3 Å². The topological polar surface area (TPSA) is 52.0 Å². The van der Waals surface area contributed by atoms with E-state index < -0.39 is 48.1 Å². The van der Waals surface area contributed by atoms with E-state index in [0.29, 0.717) is 12.8 Å². The van der Waals surface area contributed by atoms with Gasteiger partial charge in [0.1, 0.15) is 0 Å². The molecule has 2 saturated carbocycles. The molecule has 0 spiro atoms. The van der Waals surface area contributed by atoms with Crippen molar-refractivity contribution in [2.75, 3.05) is 0 Å². The van der Waals surface area contributed by atoms with Crippen LogP contribution in [-0.2, 0) is 0 Å². The van der Waals surface area contributed by atoms with E-state index in [1.165, 1.54) is 0 Å². The summed E-state index contributed by atoms with van der Waals surface area (Å²) in [6.07, 6.45) is -7.82. The Bertz CT molecular complexity index is 358. The van der Waals surface area contributed by atoms with Crippen LogP contribution in [0.3, 0.4) is 0 Å². The molecular formula is C15H24F6N2. The summed E-state index contributed by atoms with van der Waals surface area (Å²) >= 11 is 0. The first kappa shape index (κ1) is 18.8. The molecule has 23 heavy (non-hydrogen) atoms. The van der Waals surface area contributed by atoms with Gasteiger partial charge in [0, 0.05) is 12.1 Å². The summed E-state index contributed by atoms with van der Waals surface area (Å²) < 4.78 is 79.3. The number of rotatable bonds is 2. The molecule has 8 heteroatoms. The van der Waals surface area contributed by atoms with Gasteiger partial charge in [-0.15, -0.1) is 0 Å². The monoisotopic (exact) mass is 346 g/mol. The highest BCUT2D eigenvalue weighted by Gasteiger charge is 2.51. The standard InChI is InChI=1S/C15H24F6N2/c16-14(17,18)12-6-10(22)3-1-8(12)5-9-2-4-11(23)7-13(9)15(19,20)21/h8-13H,1-7,22-23H2. The lowest BCUT2D eigenvalue weighted by molar-refractivity contribution is -0.212. The second-order valence-corrected chi connectivity index (χ2v) is 7.20. The first-order valence-corrected chi connectivity index (χ1v) is 8.13. The molecule has 0 bridgehead atoms. The van der Waals surface area contributed by atoms with Crippen molar-refractivity contribution in [1.29, 1.82) is 0 Å². The van der Waals surface area contributed by atoms with Crippen molar-refractivity contribution in [2.24, 2.45) is 35.1 Å². The van der Waals surface area contributed by atoms with Crippen LogP contribution in [0.4, 0.5) is 26.3 Å². The lowest BCUT2D eigenvalue weighted by atomic mass is 9.67. The average molecular weight is 346 g/mol. The van der Waals surface area contributed by atoms with Crippen LogP contribution in [0.1, 0.15) is 44.9 Å². The highest BCUT2D eigenvalue weighted by molar-refractivity contribution is 4.92. The molecule has 136 valence electrons. The molecule has 2 aliphatic carbocycles. The van der Waals surface area contributed by atoms with Gasteiger partial charge in [0.25, 0.3) is 0 Å². The fourth-order valence-electron chi connectivity index (χ4n) is 4.29. The van der Waals surface area contributed by atoms with E-state index in [1.807, 2.05) is 0 Å². The molecule has 6 atom stereocenters. The molecule has 0 aromatic heterocycles. The van der Waals surface area contributed by atoms with E-state index >= 15 is 0 Å². The summed E-state index contributed by atoms with van der Waals surface area (Å²) in [6.45, 7) is 0. The van der Waals surface area contributed by atoms with E-state index in [0.717, 1.165) is 0 Å². The fourth-order valence-corrected chi connectivity index (χ4v) is 4.29. The number of nitrogens with two attached hydrogens (primary N) is 2. The summed E-state index contributed by atoms with van der Waals surface area (Å²) in [4.78, 5) is 0. The van der Waals surface area contributed by atoms with Crippen LogP contribution in [0.2, 0.25) is 0 Å². The van der Waals surface area contributed by atoms with Gasteiger partial charge in [-0.05, 0) is 56.8 Å². The second-order valence-electron chi connectivity index (χ2n) is 7.20. The Labute approximate surface area is 132 Å². The van der Waals surface area contributed by atoms with Gasteiger partial charge in [-0.25, -0.2) is 0 Å². The predicted molar refractivity (Wildman–Crippen MR) is 74.3 cm³/mol. The molecule has 0 aromatic rings. The molecule has 2 nitrogen and oxygen atoms in total. The number of hydrogen-bond donors (Lipinski definition) is 2. The van der Waals surface area contributed by atoms with Crippen LogP contribution in [0.15, 0.2) is 0 Å². The number of halogens is 6. The summed E-state index contributed by atoms with van der Waals surface area (Å²) in [7, 11) is 0. The minimum atomic E-state index is -4.40. The Morgan fingerprint density at radius 2 is 1.00 bits per heavy atom. The number of alkyl halides is 6. The normalized spacial score (nSPS) is 40.2. The first-order valence-electron chi connectivity index (χ1n) is 8.13. The lowest BCUT2D eigenvalue weighted by Gasteiger charge is -2.42. The fraction of sp³-hybridized carbons (Fsp3) is 1.00. The first-order chi connectivity index (χ1) is 10.5. The van der Waals surface area contributed by atoms with Crippen molar-refractivity contribution >= 4 is 0 Å². The van der Waals surface area contributed by atoms with Crippen molar-refractivity contribution in [3.05, 3.63) is 0 Å². The maximum absolute atomic E-state index is 13.2. The van der Waals surface area contributed by atoms with Gasteiger partial charge in [0.2, 0.25) is 0 Å². The highest BCUT2D eigenvalue weighted by Crippen LogP contribution is 2.49. The lowest BCUT2D eigenvalue weighted by Crippen LogP contribution is -2.45. The van der Waals surface area contributed by atoms with Crippen molar-refractivity contribution in [3.8, 4) is 0 Å². The van der Waals surface area contributed by atoms with E-state index in [-0.39, 0.29) is 32.1 Å². The Hall–Kier alpha value is -0.500. The molecule has 2 fully saturated rings. The highest BCUT2D eigenvalue weighted by atomic mass is 19.4. The largest absolute Gasteiger partial charge is 0.392 e. The van der Waals surface area contributed by atoms with E-state index in [9.17, 15) is 26.3 Å². The molecule has 2 rings (SSSR count). The molecule has 0 aromatic carbocycles. The Balaban J connectivity index is 2.11. The molecule has 6 unspecified atom stereocenters. The molecule has 0 radical (unpaired) electrons. The Morgan fingerprint density at radius 3 is 1.30 bits per heavy atom. The average Bonchev–Trinajstić information content (AvgIpc) is 2.40. The van der Waals surface area contributed by atoms with Gasteiger partial charge in [0.05, 0.1) is 11.8 Å². The van der Waals surface area contributed by atoms with Gasteiger partial charge >= 0.3 is 12.4 Å². The summed E-state index contributed by atoms with van der Waals surface area (Å²) in [6, 6.07) is -1.04. The van der Waals surface area contributed by atoms with Crippen molar-refractivity contribution in [2.45, 2.75) is 69.4 Å². The predicted octanol–water partition coefficient (Wildman–Crippen LogP) is 3.99. The summed E-state index contributed by atoms with van der Waals surface area (Å²) in [5.41, 5.74) is 11.3. The van der Waals surface area contributed by atoms with Crippen LogP contribution < -0.4 is 11.5 Å². The molecule has 0 heterocycles. The van der Waals surface area contributed by atoms with E-state index in [2.05, 4.69) is 0 Å². The molecule has 0 amide bonds. The minimum absolute atomic E-state index is 0.0339. The Morgan fingerprint density at radius 1 is 0.652 bits per heavy atom. The summed E-state index contributed by atoms with van der Waals surface area (Å²) in [5, 5.41) is 0. The molecule has 4 N–H and O–H groups in total. The third-order valence-electron chi connectivity index (χ3n) is 5.51. The van der Waals surface area contributed by atoms with E-state index in [4.69, 9.17) is 11.5 Å². The SMILES string of the molecule is NC1CCC(CC2CCC(N)CC2C(F)(F)F)C(C(F)(F)F)C1.